The molecule has 1 heterocycles. The summed E-state index contributed by atoms with van der Waals surface area (Å²) in [5.41, 5.74) is 0.494. The molecular formula is C14H15Br2NO3S. The van der Waals surface area contributed by atoms with Crippen molar-refractivity contribution < 1.29 is 14.7 Å². The lowest BCUT2D eigenvalue weighted by Gasteiger charge is -2.27. The number of carbonyl (C=O) groups excluding carboxylic acids is 1. The second kappa shape index (κ2) is 7.15. The molecule has 2 unspecified atom stereocenters. The number of aliphatic carboxylic acids is 1. The first-order valence-electron chi connectivity index (χ1n) is 6.57. The number of nitrogens with zero attached hydrogens (tertiary/aromatic N) is 1. The molecule has 1 aliphatic heterocycles. The lowest BCUT2D eigenvalue weighted by molar-refractivity contribution is -0.141. The second-order valence-corrected chi connectivity index (χ2v) is 7.75. The molecule has 1 aromatic carbocycles. The number of rotatable bonds is 4. The fourth-order valence-corrected chi connectivity index (χ4v) is 5.03. The monoisotopic (exact) mass is 435 g/mol. The van der Waals surface area contributed by atoms with Crippen LogP contribution in [0.15, 0.2) is 27.1 Å². The van der Waals surface area contributed by atoms with Crippen molar-refractivity contribution in [2.75, 3.05) is 5.75 Å². The molecule has 1 fully saturated rings. The van der Waals surface area contributed by atoms with E-state index in [1.165, 1.54) is 4.90 Å². The Morgan fingerprint density at radius 2 is 2.14 bits per heavy atom. The van der Waals surface area contributed by atoms with E-state index in [4.69, 9.17) is 0 Å². The average molecular weight is 437 g/mol. The van der Waals surface area contributed by atoms with Gasteiger partial charge in [0.15, 0.2) is 0 Å². The fourth-order valence-electron chi connectivity index (χ4n) is 2.30. The number of benzene rings is 1. The normalized spacial score (nSPS) is 21.6. The Bertz CT molecular complexity index is 567. The van der Waals surface area contributed by atoms with Crippen molar-refractivity contribution in [3.05, 3.63) is 32.7 Å². The van der Waals surface area contributed by atoms with Gasteiger partial charge in [-0.25, -0.2) is 4.79 Å². The molecule has 1 N–H and O–H groups in total. The molecule has 0 saturated carbocycles. The number of carbonyl (C=O) groups is 2. The molecule has 1 aromatic rings. The minimum atomic E-state index is -0.942. The third kappa shape index (κ3) is 3.63. The van der Waals surface area contributed by atoms with Crippen LogP contribution in [0.4, 0.5) is 0 Å². The zero-order valence-electron chi connectivity index (χ0n) is 11.4. The predicted octanol–water partition coefficient (Wildman–Crippen LogP) is 3.98. The number of halogens is 2. The van der Waals surface area contributed by atoms with Gasteiger partial charge in [-0.15, -0.1) is 11.8 Å². The van der Waals surface area contributed by atoms with Crippen LogP contribution in [0.3, 0.4) is 0 Å². The molecule has 21 heavy (non-hydrogen) atoms. The van der Waals surface area contributed by atoms with Crippen LogP contribution in [-0.2, 0) is 4.79 Å². The van der Waals surface area contributed by atoms with Gasteiger partial charge >= 0.3 is 5.97 Å². The van der Waals surface area contributed by atoms with E-state index in [1.807, 2.05) is 6.92 Å². The largest absolute Gasteiger partial charge is 0.480 e. The van der Waals surface area contributed by atoms with Crippen LogP contribution in [0.25, 0.3) is 0 Å². The lowest BCUT2D eigenvalue weighted by Crippen LogP contribution is -2.45. The van der Waals surface area contributed by atoms with Gasteiger partial charge in [0.2, 0.25) is 0 Å². The maximum atomic E-state index is 12.8. The van der Waals surface area contributed by atoms with Crippen LogP contribution in [0.2, 0.25) is 0 Å². The van der Waals surface area contributed by atoms with Crippen LogP contribution < -0.4 is 0 Å². The minimum absolute atomic E-state index is 0.0702. The predicted molar refractivity (Wildman–Crippen MR) is 90.6 cm³/mol. The molecule has 1 saturated heterocycles. The SMILES string of the molecule is CCCC1SCC(C(=O)O)N1C(=O)c1ccc(Br)cc1Br. The first-order valence-corrected chi connectivity index (χ1v) is 9.21. The van der Waals surface area contributed by atoms with Gasteiger partial charge in [0.05, 0.1) is 10.9 Å². The fraction of sp³-hybridized carbons (Fsp3) is 0.429. The number of carboxylic acid groups (broad SMARTS) is 1. The molecule has 1 aliphatic rings. The molecule has 114 valence electrons. The summed E-state index contributed by atoms with van der Waals surface area (Å²) < 4.78 is 1.53. The van der Waals surface area contributed by atoms with Gasteiger partial charge in [0.1, 0.15) is 6.04 Å². The molecule has 4 nitrogen and oxygen atoms in total. The van der Waals surface area contributed by atoms with Crippen molar-refractivity contribution in [1.29, 1.82) is 0 Å². The van der Waals surface area contributed by atoms with E-state index >= 15 is 0 Å². The highest BCUT2D eigenvalue weighted by atomic mass is 79.9. The Morgan fingerprint density at radius 1 is 1.43 bits per heavy atom. The van der Waals surface area contributed by atoms with Crippen LogP contribution in [0.5, 0.6) is 0 Å². The number of amides is 1. The van der Waals surface area contributed by atoms with E-state index in [0.717, 1.165) is 17.3 Å². The number of carboxylic acids is 1. The zero-order chi connectivity index (χ0) is 15.6. The zero-order valence-corrected chi connectivity index (χ0v) is 15.4. The smallest absolute Gasteiger partial charge is 0.327 e. The summed E-state index contributed by atoms with van der Waals surface area (Å²) in [7, 11) is 0. The van der Waals surface area contributed by atoms with Gasteiger partial charge in [0.25, 0.3) is 5.91 Å². The van der Waals surface area contributed by atoms with E-state index in [9.17, 15) is 14.7 Å². The second-order valence-electron chi connectivity index (χ2n) is 4.77. The third-order valence-corrected chi connectivity index (χ3v) is 5.81. The third-order valence-electron chi connectivity index (χ3n) is 3.31. The maximum Gasteiger partial charge on any atom is 0.327 e. The highest BCUT2D eigenvalue weighted by Gasteiger charge is 2.41. The molecular weight excluding hydrogens is 422 g/mol. The van der Waals surface area contributed by atoms with Gasteiger partial charge in [0, 0.05) is 14.7 Å². The van der Waals surface area contributed by atoms with Crippen LogP contribution in [0, 0.1) is 0 Å². The summed E-state index contributed by atoms with van der Waals surface area (Å²) in [6.45, 7) is 2.03. The molecule has 7 heteroatoms. The molecule has 0 aliphatic carbocycles. The molecule has 0 bridgehead atoms. The topological polar surface area (TPSA) is 57.6 Å². The Labute approximate surface area is 144 Å². The van der Waals surface area contributed by atoms with Crippen LogP contribution in [-0.4, -0.2) is 39.1 Å². The quantitative estimate of drug-likeness (QED) is 0.775. The van der Waals surface area contributed by atoms with Gasteiger partial charge in [-0.05, 0) is 40.5 Å². The summed E-state index contributed by atoms with van der Waals surface area (Å²) in [5.74, 6) is -0.729. The summed E-state index contributed by atoms with van der Waals surface area (Å²) in [4.78, 5) is 25.7. The molecule has 0 aromatic heterocycles. The number of thioether (sulfide) groups is 1. The summed E-state index contributed by atoms with van der Waals surface area (Å²) in [6.07, 6.45) is 1.71. The highest BCUT2D eigenvalue weighted by molar-refractivity contribution is 9.11. The first kappa shape index (κ1) is 16.8. The molecule has 1 amide bonds. The van der Waals surface area contributed by atoms with Gasteiger partial charge < -0.3 is 10.0 Å². The Balaban J connectivity index is 2.34. The minimum Gasteiger partial charge on any atom is -0.480 e. The maximum absolute atomic E-state index is 12.8. The van der Waals surface area contributed by atoms with E-state index in [1.54, 1.807) is 30.0 Å². The Hall–Kier alpha value is -0.530. The lowest BCUT2D eigenvalue weighted by atomic mass is 10.1. The van der Waals surface area contributed by atoms with Gasteiger partial charge in [-0.1, -0.05) is 29.3 Å². The van der Waals surface area contributed by atoms with Gasteiger partial charge in [-0.3, -0.25) is 4.79 Å². The van der Waals surface area contributed by atoms with Crippen molar-refractivity contribution in [3.63, 3.8) is 0 Å². The van der Waals surface area contributed by atoms with Crippen molar-refractivity contribution in [2.45, 2.75) is 31.2 Å². The Kier molecular flexibility index (Phi) is 5.73. The first-order chi connectivity index (χ1) is 9.95. The summed E-state index contributed by atoms with van der Waals surface area (Å²) >= 11 is 8.27. The van der Waals surface area contributed by atoms with Crippen molar-refractivity contribution >= 4 is 55.5 Å². The molecule has 2 atom stereocenters. The standard InChI is InChI=1S/C14H15Br2NO3S/c1-2-3-12-17(11(7-21-12)14(19)20)13(18)9-5-4-8(15)6-10(9)16/h4-6,11-12H,2-3,7H2,1H3,(H,19,20). The van der Waals surface area contributed by atoms with E-state index in [0.29, 0.717) is 15.8 Å². The van der Waals surface area contributed by atoms with Crippen molar-refractivity contribution in [3.8, 4) is 0 Å². The summed E-state index contributed by atoms with van der Waals surface area (Å²) in [5, 5.41) is 9.28. The van der Waals surface area contributed by atoms with E-state index < -0.39 is 12.0 Å². The van der Waals surface area contributed by atoms with Crippen LogP contribution >= 0.6 is 43.6 Å². The van der Waals surface area contributed by atoms with Crippen LogP contribution in [0.1, 0.15) is 30.1 Å². The number of hydrogen-bond donors (Lipinski definition) is 1. The van der Waals surface area contributed by atoms with Gasteiger partial charge in [-0.2, -0.15) is 0 Å². The Morgan fingerprint density at radius 3 is 2.71 bits per heavy atom. The van der Waals surface area contributed by atoms with Crippen molar-refractivity contribution in [1.82, 2.24) is 4.90 Å². The molecule has 0 radical (unpaired) electrons. The van der Waals surface area contributed by atoms with E-state index in [2.05, 4.69) is 31.9 Å². The molecule has 0 spiro atoms. The summed E-state index contributed by atoms with van der Waals surface area (Å²) in [6, 6.07) is 4.53. The van der Waals surface area contributed by atoms with Crippen molar-refractivity contribution in [2.24, 2.45) is 0 Å². The highest BCUT2D eigenvalue weighted by Crippen LogP contribution is 2.35. The molecule has 2 rings (SSSR count). The van der Waals surface area contributed by atoms with E-state index in [-0.39, 0.29) is 11.3 Å². The average Bonchev–Trinajstić information content (AvgIpc) is 2.82. The number of hydrogen-bond acceptors (Lipinski definition) is 3.